The van der Waals surface area contributed by atoms with E-state index >= 15 is 0 Å². The van der Waals surface area contributed by atoms with Crippen molar-refractivity contribution in [2.45, 2.75) is 13.8 Å². The molecule has 23 heavy (non-hydrogen) atoms. The van der Waals surface area contributed by atoms with Crippen molar-refractivity contribution in [3.63, 3.8) is 0 Å². The molecule has 0 bridgehead atoms. The first-order chi connectivity index (χ1) is 11.0. The summed E-state index contributed by atoms with van der Waals surface area (Å²) >= 11 is 0. The Kier molecular flexibility index (Phi) is 3.29. The summed E-state index contributed by atoms with van der Waals surface area (Å²) in [5, 5.41) is 13.8. The molecule has 8 nitrogen and oxygen atoms in total. The van der Waals surface area contributed by atoms with Crippen LogP contribution in [0, 0.1) is 6.92 Å². The summed E-state index contributed by atoms with van der Waals surface area (Å²) in [6.07, 6.45) is 1.39. The predicted octanol–water partition coefficient (Wildman–Crippen LogP) is 1.30. The van der Waals surface area contributed by atoms with Gasteiger partial charge in [-0.3, -0.25) is 19.4 Å². The molecule has 0 aliphatic heterocycles. The van der Waals surface area contributed by atoms with Crippen LogP contribution in [-0.2, 0) is 0 Å². The number of hydrogen-bond donors (Lipinski definition) is 2. The molecule has 0 saturated carbocycles. The predicted molar refractivity (Wildman–Crippen MR) is 76.9 cm³/mol. The maximum absolute atomic E-state index is 12.6. The minimum atomic E-state index is -0.705. The molecule has 0 radical (unpaired) electrons. The van der Waals surface area contributed by atoms with Crippen molar-refractivity contribution in [1.29, 1.82) is 0 Å². The number of carbonyl (C=O) groups is 3. The number of nitrogens with one attached hydrogen (secondary N) is 1. The first-order valence-corrected chi connectivity index (χ1v) is 6.63. The van der Waals surface area contributed by atoms with Gasteiger partial charge in [-0.1, -0.05) is 5.16 Å². The molecular formula is C15H11N3O5. The molecule has 0 saturated heterocycles. The van der Waals surface area contributed by atoms with Gasteiger partial charge in [-0.15, -0.1) is 0 Å². The number of furan rings is 1. The molecular weight excluding hydrogens is 302 g/mol. The van der Waals surface area contributed by atoms with Crippen molar-refractivity contribution in [3.05, 3.63) is 52.2 Å². The molecule has 2 N–H and O–H groups in total. The standard InChI is InChI=1S/C15H11N3O5/c1-6-9(15(21)17-7(2)18-22)10-13(20)11-8(4-3-5-16-11)12(19)14(10)23-6/h3-5,22H,1-2H3,(H,17,18,21). The molecule has 1 aliphatic carbocycles. The molecule has 0 unspecified atom stereocenters. The highest BCUT2D eigenvalue weighted by molar-refractivity contribution is 6.29. The Morgan fingerprint density at radius 2 is 2.09 bits per heavy atom. The molecule has 2 heterocycles. The maximum atomic E-state index is 12.6. The van der Waals surface area contributed by atoms with Crippen LogP contribution in [0.4, 0.5) is 0 Å². The van der Waals surface area contributed by atoms with Gasteiger partial charge in [0.15, 0.2) is 5.76 Å². The van der Waals surface area contributed by atoms with E-state index in [2.05, 4.69) is 15.5 Å². The molecule has 2 aromatic rings. The van der Waals surface area contributed by atoms with Crippen molar-refractivity contribution in [2.24, 2.45) is 5.16 Å². The summed E-state index contributed by atoms with van der Waals surface area (Å²) in [5.41, 5.74) is -0.0780. The number of carbonyl (C=O) groups excluding carboxylic acids is 3. The largest absolute Gasteiger partial charge is 0.456 e. The third-order valence-corrected chi connectivity index (χ3v) is 3.46. The van der Waals surface area contributed by atoms with E-state index in [1.807, 2.05) is 0 Å². The Balaban J connectivity index is 2.17. The van der Waals surface area contributed by atoms with Crippen LogP contribution in [0.2, 0.25) is 0 Å². The average Bonchev–Trinajstić information content (AvgIpc) is 2.90. The molecule has 8 heteroatoms. The van der Waals surface area contributed by atoms with E-state index in [1.165, 1.54) is 26.1 Å². The summed E-state index contributed by atoms with van der Waals surface area (Å²) in [7, 11) is 0. The van der Waals surface area contributed by atoms with Gasteiger partial charge in [0.05, 0.1) is 16.7 Å². The van der Waals surface area contributed by atoms with E-state index in [-0.39, 0.29) is 39.7 Å². The van der Waals surface area contributed by atoms with Crippen LogP contribution in [0.25, 0.3) is 0 Å². The van der Waals surface area contributed by atoms with Crippen LogP contribution in [0.5, 0.6) is 0 Å². The first-order valence-electron chi connectivity index (χ1n) is 6.63. The molecule has 116 valence electrons. The normalized spacial score (nSPS) is 13.6. The van der Waals surface area contributed by atoms with Crippen molar-refractivity contribution in [2.75, 3.05) is 0 Å². The van der Waals surface area contributed by atoms with Gasteiger partial charge in [0.2, 0.25) is 11.6 Å². The van der Waals surface area contributed by atoms with E-state index in [9.17, 15) is 14.4 Å². The third kappa shape index (κ3) is 2.11. The highest BCUT2D eigenvalue weighted by Gasteiger charge is 2.39. The van der Waals surface area contributed by atoms with Crippen LogP contribution in [-0.4, -0.2) is 33.5 Å². The van der Waals surface area contributed by atoms with E-state index in [0.29, 0.717) is 0 Å². The van der Waals surface area contributed by atoms with Crippen LogP contribution in [0.15, 0.2) is 27.9 Å². The summed E-state index contributed by atoms with van der Waals surface area (Å²) in [6.45, 7) is 2.83. The van der Waals surface area contributed by atoms with Crippen LogP contribution in [0.3, 0.4) is 0 Å². The Labute approximate surface area is 129 Å². The second-order valence-corrected chi connectivity index (χ2v) is 4.93. The van der Waals surface area contributed by atoms with Gasteiger partial charge in [-0.25, -0.2) is 0 Å². The third-order valence-electron chi connectivity index (χ3n) is 3.46. The molecule has 3 rings (SSSR count). The number of amides is 1. The Morgan fingerprint density at radius 1 is 1.35 bits per heavy atom. The van der Waals surface area contributed by atoms with Gasteiger partial charge >= 0.3 is 0 Å². The minimum absolute atomic E-state index is 0.0209. The Bertz CT molecular complexity index is 895. The Morgan fingerprint density at radius 3 is 2.78 bits per heavy atom. The second-order valence-electron chi connectivity index (χ2n) is 4.93. The number of amidine groups is 1. The zero-order valence-corrected chi connectivity index (χ0v) is 12.2. The van der Waals surface area contributed by atoms with Crippen molar-refractivity contribution in [3.8, 4) is 0 Å². The summed E-state index contributed by atoms with van der Waals surface area (Å²) in [5.74, 6) is -1.89. The molecule has 0 spiro atoms. The van der Waals surface area contributed by atoms with Gasteiger partial charge in [-0.2, -0.15) is 0 Å². The van der Waals surface area contributed by atoms with Gasteiger partial charge in [-0.05, 0) is 26.0 Å². The van der Waals surface area contributed by atoms with Gasteiger partial charge in [0.25, 0.3) is 5.91 Å². The smallest absolute Gasteiger partial charge is 0.260 e. The molecule has 0 fully saturated rings. The molecule has 0 aromatic carbocycles. The number of ketones is 2. The van der Waals surface area contributed by atoms with Crippen LogP contribution >= 0.6 is 0 Å². The van der Waals surface area contributed by atoms with Crippen molar-refractivity contribution in [1.82, 2.24) is 10.3 Å². The van der Waals surface area contributed by atoms with Crippen LogP contribution < -0.4 is 5.32 Å². The van der Waals surface area contributed by atoms with Crippen molar-refractivity contribution >= 4 is 23.3 Å². The average molecular weight is 313 g/mol. The lowest BCUT2D eigenvalue weighted by atomic mass is 9.89. The highest BCUT2D eigenvalue weighted by Crippen LogP contribution is 2.32. The van der Waals surface area contributed by atoms with E-state index in [0.717, 1.165) is 0 Å². The minimum Gasteiger partial charge on any atom is -0.456 e. The highest BCUT2D eigenvalue weighted by atomic mass is 16.4. The number of nitrogens with zero attached hydrogens (tertiary/aromatic N) is 2. The fourth-order valence-corrected chi connectivity index (χ4v) is 2.46. The summed E-state index contributed by atoms with van der Waals surface area (Å²) < 4.78 is 5.35. The molecule has 2 aromatic heterocycles. The number of fused-ring (bicyclic) bond motifs is 2. The fraction of sp³-hybridized carbons (Fsp3) is 0.133. The fourth-order valence-electron chi connectivity index (χ4n) is 2.46. The van der Waals surface area contributed by atoms with Crippen LogP contribution in [0.1, 0.15) is 55.2 Å². The van der Waals surface area contributed by atoms with Gasteiger partial charge < -0.3 is 14.9 Å². The number of aryl methyl sites for hydroxylation is 1. The Hall–Kier alpha value is -3.29. The number of rotatable bonds is 1. The lowest BCUT2D eigenvalue weighted by molar-refractivity contribution is 0.0947. The molecule has 1 aliphatic rings. The lowest BCUT2D eigenvalue weighted by Gasteiger charge is -2.12. The summed E-state index contributed by atoms with van der Waals surface area (Å²) in [4.78, 5) is 41.3. The monoisotopic (exact) mass is 313 g/mol. The van der Waals surface area contributed by atoms with E-state index in [4.69, 9.17) is 9.62 Å². The number of oxime groups is 1. The van der Waals surface area contributed by atoms with Gasteiger partial charge in [0, 0.05) is 6.20 Å². The van der Waals surface area contributed by atoms with Gasteiger partial charge in [0.1, 0.15) is 17.3 Å². The molecule has 0 atom stereocenters. The molecule has 1 amide bonds. The second kappa shape index (κ2) is 5.16. The topological polar surface area (TPSA) is 122 Å². The quantitative estimate of drug-likeness (QED) is 0.302. The first kappa shape index (κ1) is 14.6. The van der Waals surface area contributed by atoms with E-state index in [1.54, 1.807) is 6.07 Å². The SMILES string of the molecule is C/C(=N/O)NC(=O)c1c(C)oc2c1C(=O)c1ncccc1C2=O. The van der Waals surface area contributed by atoms with Crippen molar-refractivity contribution < 1.29 is 24.0 Å². The number of hydrogen-bond acceptors (Lipinski definition) is 7. The lowest BCUT2D eigenvalue weighted by Crippen LogP contribution is -2.31. The zero-order chi connectivity index (χ0) is 16.7. The number of pyridine rings is 1. The van der Waals surface area contributed by atoms with E-state index < -0.39 is 17.5 Å². The number of aromatic nitrogens is 1. The zero-order valence-electron chi connectivity index (χ0n) is 12.2. The summed E-state index contributed by atoms with van der Waals surface area (Å²) in [6, 6.07) is 3.02. The maximum Gasteiger partial charge on any atom is 0.260 e.